The standard InChI is InChI=1S/C30H33Cl3N6O4S/c1-17(2)16-38-28(33)25(18(3)34-38)23-12-9-13-37(23)29(40)20-14-22(31)26(32)24(15-20)44(42,43)35-27-19(4)36(5)39(30(27)41)21-10-7-6-8-11-21/h6-8,10-11,14-15,17,23,35H,9,12-13,16H2,1-5H3. The van der Waals surface area contributed by atoms with Gasteiger partial charge in [0.1, 0.15) is 15.7 Å². The largest absolute Gasteiger partial charge is 0.331 e. The van der Waals surface area contributed by atoms with Crippen LogP contribution < -0.4 is 10.3 Å². The maximum atomic E-state index is 13.9. The van der Waals surface area contributed by atoms with Crippen molar-refractivity contribution in [2.24, 2.45) is 13.0 Å². The van der Waals surface area contributed by atoms with Crippen molar-refractivity contribution in [3.63, 3.8) is 0 Å². The first-order valence-corrected chi connectivity index (χ1v) is 16.7. The molecule has 1 unspecified atom stereocenters. The van der Waals surface area contributed by atoms with E-state index in [0.29, 0.717) is 42.0 Å². The Balaban J connectivity index is 1.50. The van der Waals surface area contributed by atoms with Crippen molar-refractivity contribution in [2.75, 3.05) is 11.3 Å². The number of anilines is 1. The molecule has 5 rings (SSSR count). The number of rotatable bonds is 8. The van der Waals surface area contributed by atoms with Gasteiger partial charge < -0.3 is 4.90 Å². The van der Waals surface area contributed by atoms with E-state index in [0.717, 1.165) is 17.7 Å². The summed E-state index contributed by atoms with van der Waals surface area (Å²) < 4.78 is 34.5. The molecule has 0 radical (unpaired) electrons. The highest BCUT2D eigenvalue weighted by atomic mass is 35.5. The number of aryl methyl sites for hydroxylation is 1. The van der Waals surface area contributed by atoms with Gasteiger partial charge in [-0.15, -0.1) is 0 Å². The highest BCUT2D eigenvalue weighted by molar-refractivity contribution is 7.92. The number of sulfonamides is 1. The van der Waals surface area contributed by atoms with Crippen molar-refractivity contribution in [1.82, 2.24) is 24.0 Å². The molecular formula is C30H33Cl3N6O4S. The van der Waals surface area contributed by atoms with Crippen molar-refractivity contribution >= 4 is 56.4 Å². The van der Waals surface area contributed by atoms with Gasteiger partial charge >= 0.3 is 0 Å². The number of nitrogens with one attached hydrogen (secondary N) is 1. The van der Waals surface area contributed by atoms with Gasteiger partial charge in [0, 0.05) is 31.3 Å². The van der Waals surface area contributed by atoms with E-state index in [9.17, 15) is 18.0 Å². The molecular weight excluding hydrogens is 647 g/mol. The number of carbonyl (C=O) groups is 1. The molecule has 1 N–H and O–H groups in total. The number of halogens is 3. The van der Waals surface area contributed by atoms with Gasteiger partial charge in [-0.05, 0) is 56.9 Å². The van der Waals surface area contributed by atoms with E-state index >= 15 is 0 Å². The lowest BCUT2D eigenvalue weighted by atomic mass is 10.0. The summed E-state index contributed by atoms with van der Waals surface area (Å²) in [5.74, 6) is -0.0936. The fourth-order valence-electron chi connectivity index (χ4n) is 5.65. The molecule has 0 bridgehead atoms. The van der Waals surface area contributed by atoms with Gasteiger partial charge in [-0.1, -0.05) is 66.8 Å². The van der Waals surface area contributed by atoms with Gasteiger partial charge in [0.15, 0.2) is 0 Å². The SMILES string of the molecule is Cc1nn(CC(C)C)c(Cl)c1C1CCCN1C(=O)c1cc(Cl)c(Cl)c(S(=O)(=O)Nc2c(C)n(C)n(-c3ccccc3)c2=O)c1. The zero-order valence-electron chi connectivity index (χ0n) is 24.9. The number of benzene rings is 2. The molecule has 10 nitrogen and oxygen atoms in total. The quantitative estimate of drug-likeness (QED) is 0.232. The molecule has 2 aromatic heterocycles. The van der Waals surface area contributed by atoms with Gasteiger partial charge in [0.25, 0.3) is 21.5 Å². The van der Waals surface area contributed by atoms with E-state index in [-0.39, 0.29) is 27.3 Å². The van der Waals surface area contributed by atoms with Gasteiger partial charge in [-0.25, -0.2) is 13.1 Å². The molecule has 1 atom stereocenters. The van der Waals surface area contributed by atoms with Crippen LogP contribution in [0, 0.1) is 19.8 Å². The molecule has 234 valence electrons. The van der Waals surface area contributed by atoms with E-state index in [2.05, 4.69) is 23.7 Å². The van der Waals surface area contributed by atoms with Crippen LogP contribution in [-0.2, 0) is 23.6 Å². The Kier molecular flexibility index (Phi) is 8.97. The van der Waals surface area contributed by atoms with Gasteiger partial charge in [-0.3, -0.25) is 23.7 Å². The Labute approximate surface area is 271 Å². The van der Waals surface area contributed by atoms with Crippen LogP contribution in [0.25, 0.3) is 5.69 Å². The monoisotopic (exact) mass is 678 g/mol. The number of aromatic nitrogens is 4. The summed E-state index contributed by atoms with van der Waals surface area (Å²) in [5, 5.41) is 4.72. The molecule has 3 heterocycles. The number of nitrogens with zero attached hydrogens (tertiary/aromatic N) is 5. The molecule has 1 amide bonds. The molecule has 0 aliphatic carbocycles. The van der Waals surface area contributed by atoms with Crippen LogP contribution in [0.2, 0.25) is 15.2 Å². The Morgan fingerprint density at radius 1 is 1.11 bits per heavy atom. The Bertz CT molecular complexity index is 1910. The molecule has 1 saturated heterocycles. The molecule has 0 spiro atoms. The highest BCUT2D eigenvalue weighted by Crippen LogP contribution is 2.40. The summed E-state index contributed by atoms with van der Waals surface area (Å²) in [5.41, 5.74) is 1.78. The highest BCUT2D eigenvalue weighted by Gasteiger charge is 2.36. The third-order valence-corrected chi connectivity index (χ3v) is 10.5. The summed E-state index contributed by atoms with van der Waals surface area (Å²) in [6, 6.07) is 11.0. The van der Waals surface area contributed by atoms with Gasteiger partial charge in [-0.2, -0.15) is 5.10 Å². The molecule has 1 aliphatic heterocycles. The smallest absolute Gasteiger partial charge is 0.296 e. The maximum absolute atomic E-state index is 13.9. The molecule has 1 fully saturated rings. The molecule has 1 aliphatic rings. The van der Waals surface area contributed by atoms with Crippen LogP contribution in [0.5, 0.6) is 0 Å². The number of likely N-dealkylation sites (tertiary alicyclic amines) is 1. The molecule has 2 aromatic carbocycles. The Hall–Kier alpha value is -3.25. The zero-order chi connectivity index (χ0) is 32.1. The first-order chi connectivity index (χ1) is 20.7. The Morgan fingerprint density at radius 2 is 1.80 bits per heavy atom. The summed E-state index contributed by atoms with van der Waals surface area (Å²) in [4.78, 5) is 28.6. The third kappa shape index (κ3) is 5.78. The summed E-state index contributed by atoms with van der Waals surface area (Å²) in [6.45, 7) is 8.71. The molecule has 0 saturated carbocycles. The average Bonchev–Trinajstić information content (AvgIpc) is 3.60. The number of hydrogen-bond donors (Lipinski definition) is 1. The van der Waals surface area contributed by atoms with Crippen molar-refractivity contribution in [3.8, 4) is 5.69 Å². The lowest BCUT2D eigenvalue weighted by Crippen LogP contribution is -2.31. The number of carbonyl (C=O) groups excluding carboxylic acids is 1. The topological polar surface area (TPSA) is 111 Å². The van der Waals surface area contributed by atoms with Crippen molar-refractivity contribution < 1.29 is 13.2 Å². The number of hydrogen-bond acceptors (Lipinski definition) is 5. The van der Waals surface area contributed by atoms with Crippen molar-refractivity contribution in [3.05, 3.63) is 90.5 Å². The van der Waals surface area contributed by atoms with Gasteiger partial charge in [0.05, 0.1) is 33.2 Å². The van der Waals surface area contributed by atoms with Gasteiger partial charge in [0.2, 0.25) is 0 Å². The van der Waals surface area contributed by atoms with Crippen LogP contribution in [0.1, 0.15) is 60.0 Å². The predicted molar refractivity (Wildman–Crippen MR) is 173 cm³/mol. The van der Waals surface area contributed by atoms with E-state index in [1.807, 2.05) is 13.0 Å². The Morgan fingerprint density at radius 3 is 2.45 bits per heavy atom. The van der Waals surface area contributed by atoms with E-state index in [1.165, 1.54) is 16.8 Å². The predicted octanol–water partition coefficient (Wildman–Crippen LogP) is 6.38. The third-order valence-electron chi connectivity index (χ3n) is 7.82. The maximum Gasteiger partial charge on any atom is 0.296 e. The van der Waals surface area contributed by atoms with Crippen molar-refractivity contribution in [2.45, 2.75) is 58.0 Å². The molecule has 44 heavy (non-hydrogen) atoms. The fourth-order valence-corrected chi connectivity index (χ4v) is 7.95. The summed E-state index contributed by atoms with van der Waals surface area (Å²) in [7, 11) is -2.81. The zero-order valence-corrected chi connectivity index (χ0v) is 28.0. The normalized spacial score (nSPS) is 15.4. The lowest BCUT2D eigenvalue weighted by molar-refractivity contribution is 0.0735. The van der Waals surface area contributed by atoms with Crippen molar-refractivity contribution in [1.29, 1.82) is 0 Å². The van der Waals surface area contributed by atoms with Crippen LogP contribution in [0.4, 0.5) is 5.69 Å². The summed E-state index contributed by atoms with van der Waals surface area (Å²) in [6.07, 6.45) is 1.41. The molecule has 14 heteroatoms. The fraction of sp³-hybridized carbons (Fsp3) is 0.367. The van der Waals surface area contributed by atoms with Crippen LogP contribution in [0.3, 0.4) is 0 Å². The van der Waals surface area contributed by atoms with E-state index in [4.69, 9.17) is 34.8 Å². The number of amides is 1. The van der Waals surface area contributed by atoms with Crippen LogP contribution in [0.15, 0.2) is 52.2 Å². The van der Waals surface area contributed by atoms with Crippen LogP contribution in [-0.4, -0.2) is 44.9 Å². The average molecular weight is 680 g/mol. The minimum atomic E-state index is -4.46. The first-order valence-electron chi connectivity index (χ1n) is 14.1. The summed E-state index contributed by atoms with van der Waals surface area (Å²) >= 11 is 19.6. The number of para-hydroxylation sites is 1. The van der Waals surface area contributed by atoms with E-state index in [1.54, 1.807) is 52.5 Å². The minimum absolute atomic E-state index is 0.0431. The first kappa shape index (κ1) is 32.2. The molecule has 4 aromatic rings. The second kappa shape index (κ2) is 12.3. The van der Waals surface area contributed by atoms with Crippen LogP contribution >= 0.6 is 34.8 Å². The lowest BCUT2D eigenvalue weighted by Gasteiger charge is -2.25. The second-order valence-electron chi connectivity index (χ2n) is 11.3. The minimum Gasteiger partial charge on any atom is -0.331 e. The second-order valence-corrected chi connectivity index (χ2v) is 14.1. The van der Waals surface area contributed by atoms with E-state index < -0.39 is 26.4 Å².